The van der Waals surface area contributed by atoms with Gasteiger partial charge >= 0.3 is 6.03 Å². The fraction of sp³-hybridized carbons (Fsp3) is 0.500. The Hall–Kier alpha value is -4.43. The van der Waals surface area contributed by atoms with Gasteiger partial charge in [0.1, 0.15) is 29.3 Å². The van der Waals surface area contributed by atoms with Gasteiger partial charge in [0, 0.05) is 39.9 Å². The fourth-order valence-corrected chi connectivity index (χ4v) is 8.73. The minimum absolute atomic E-state index is 0.0172. The molecule has 13 nitrogen and oxygen atoms in total. The zero-order valence-corrected chi connectivity index (χ0v) is 32.7. The topological polar surface area (TPSA) is 160 Å². The summed E-state index contributed by atoms with van der Waals surface area (Å²) in [5.41, 5.74) is -0.978. The number of amides is 4. The second-order valence-electron chi connectivity index (χ2n) is 15.5. The fourth-order valence-electron chi connectivity index (χ4n) is 7.20. The standard InChI is InChI=1S/C38H47ClN6O7S/c1-9-24-18-38(24,35(47)43-53(49,50)27-11-12-27)45(34(46)32(37(5,6)7)42-31-15-21(2)14-22(3)41-31)36(48)44-20-26(16-23(44)4)52-33-29-17-25(39)10-13-28(29)30(51-8)19-40-33/h9-10,13-15,17,19,23-24,26-27,32H,1,11-12,16,18,20H2,2-8H3,(H,41,42)(H,43,47)/t23?,24-,26-,32-,38-/m1/s1. The molecule has 0 spiro atoms. The van der Waals surface area contributed by atoms with Gasteiger partial charge in [0.2, 0.25) is 15.9 Å². The van der Waals surface area contributed by atoms with Crippen molar-refractivity contribution in [1.82, 2.24) is 24.5 Å². The van der Waals surface area contributed by atoms with Crippen LogP contribution in [0.4, 0.5) is 10.6 Å². The molecule has 2 aromatic heterocycles. The predicted molar refractivity (Wildman–Crippen MR) is 202 cm³/mol. The summed E-state index contributed by atoms with van der Waals surface area (Å²) in [7, 11) is -2.47. The monoisotopic (exact) mass is 766 g/mol. The zero-order valence-electron chi connectivity index (χ0n) is 31.1. The highest BCUT2D eigenvalue weighted by Crippen LogP contribution is 2.52. The average Bonchev–Trinajstić information content (AvgIpc) is 4.00. The second-order valence-corrected chi connectivity index (χ2v) is 17.9. The number of carbonyl (C=O) groups excluding carboxylic acids is 3. The summed E-state index contributed by atoms with van der Waals surface area (Å²) in [5.74, 6) is -1.04. The normalized spacial score (nSPS) is 23.2. The van der Waals surface area contributed by atoms with Crippen molar-refractivity contribution in [3.63, 3.8) is 0 Å². The van der Waals surface area contributed by atoms with Crippen LogP contribution < -0.4 is 19.5 Å². The molecule has 15 heteroatoms. The molecule has 53 heavy (non-hydrogen) atoms. The van der Waals surface area contributed by atoms with Crippen LogP contribution in [0.25, 0.3) is 10.8 Å². The Morgan fingerprint density at radius 3 is 2.47 bits per heavy atom. The number of imide groups is 1. The number of urea groups is 1. The van der Waals surface area contributed by atoms with Crippen LogP contribution in [-0.2, 0) is 19.6 Å². The molecule has 6 rings (SSSR count). The van der Waals surface area contributed by atoms with Crippen molar-refractivity contribution >= 4 is 56.1 Å². The molecule has 284 valence electrons. The lowest BCUT2D eigenvalue weighted by Gasteiger charge is -2.40. The van der Waals surface area contributed by atoms with Gasteiger partial charge < -0.3 is 19.7 Å². The number of rotatable bonds is 11. The van der Waals surface area contributed by atoms with Crippen LogP contribution in [-0.4, -0.2) is 88.7 Å². The number of methoxy groups -OCH3 is 1. The molecule has 0 radical (unpaired) electrons. The third-order valence-electron chi connectivity index (χ3n) is 10.2. The van der Waals surface area contributed by atoms with Crippen molar-refractivity contribution in [2.75, 3.05) is 19.0 Å². The second kappa shape index (κ2) is 14.1. The third kappa shape index (κ3) is 7.53. The molecule has 3 aliphatic rings. The van der Waals surface area contributed by atoms with Crippen molar-refractivity contribution in [1.29, 1.82) is 0 Å². The van der Waals surface area contributed by atoms with E-state index in [-0.39, 0.29) is 13.0 Å². The Kier molecular flexibility index (Phi) is 10.2. The molecular weight excluding hydrogens is 720 g/mol. The lowest BCUT2D eigenvalue weighted by Crippen LogP contribution is -2.64. The van der Waals surface area contributed by atoms with Crippen molar-refractivity contribution in [2.24, 2.45) is 11.3 Å². The molecule has 2 aliphatic carbocycles. The van der Waals surface area contributed by atoms with Gasteiger partial charge in [-0.1, -0.05) is 38.4 Å². The molecule has 3 heterocycles. The van der Waals surface area contributed by atoms with E-state index in [1.807, 2.05) is 53.7 Å². The number of sulfonamides is 1. The molecule has 3 aromatic rings. The number of nitrogens with zero attached hydrogens (tertiary/aromatic N) is 4. The van der Waals surface area contributed by atoms with E-state index < -0.39 is 68.2 Å². The van der Waals surface area contributed by atoms with Crippen LogP contribution in [0.1, 0.15) is 64.6 Å². The minimum atomic E-state index is -4.02. The number of likely N-dealkylation sites (tertiary alicyclic amines) is 1. The number of carbonyl (C=O) groups is 3. The SMILES string of the molecule is C=C[C@@H]1C[C@@]1(C(=O)NS(=O)(=O)C1CC1)N(C(=O)[C@@H](Nc1cc(C)cc(C)n1)C(C)(C)C)C(=O)N1C[C@H](Oc2ncc(OC)c3ccc(Cl)cc23)CC1C. The van der Waals surface area contributed by atoms with Crippen LogP contribution in [0.3, 0.4) is 0 Å². The summed E-state index contributed by atoms with van der Waals surface area (Å²) in [5, 5.41) is 4.41. The van der Waals surface area contributed by atoms with Crippen molar-refractivity contribution in [3.8, 4) is 11.6 Å². The highest BCUT2D eigenvalue weighted by molar-refractivity contribution is 7.91. The Morgan fingerprint density at radius 1 is 1.15 bits per heavy atom. The van der Waals surface area contributed by atoms with Gasteiger partial charge in [-0.05, 0) is 81.3 Å². The molecule has 3 fully saturated rings. The number of anilines is 1. The zero-order chi connectivity index (χ0) is 38.6. The van der Waals surface area contributed by atoms with Crippen LogP contribution in [0, 0.1) is 25.2 Å². The Morgan fingerprint density at radius 2 is 1.87 bits per heavy atom. The number of hydrogen-bond donors (Lipinski definition) is 2. The van der Waals surface area contributed by atoms with Gasteiger partial charge in [-0.25, -0.2) is 28.1 Å². The van der Waals surface area contributed by atoms with Gasteiger partial charge in [0.15, 0.2) is 0 Å². The molecular formula is C38H47ClN6O7S. The first kappa shape index (κ1) is 38.3. The summed E-state index contributed by atoms with van der Waals surface area (Å²) < 4.78 is 40.3. The number of ether oxygens (including phenoxy) is 2. The molecule has 1 aromatic carbocycles. The molecule has 2 saturated carbocycles. The third-order valence-corrected chi connectivity index (χ3v) is 12.3. The van der Waals surface area contributed by atoms with Gasteiger partial charge in [-0.2, -0.15) is 0 Å². The molecule has 1 saturated heterocycles. The van der Waals surface area contributed by atoms with E-state index in [2.05, 4.69) is 26.6 Å². The Balaban J connectivity index is 1.37. The highest BCUT2D eigenvalue weighted by Gasteiger charge is 2.68. The summed E-state index contributed by atoms with van der Waals surface area (Å²) in [4.78, 5) is 55.9. The summed E-state index contributed by atoms with van der Waals surface area (Å²) in [6.07, 6.45) is 3.77. The van der Waals surface area contributed by atoms with Gasteiger partial charge in [-0.3, -0.25) is 14.3 Å². The molecule has 5 atom stereocenters. The largest absolute Gasteiger partial charge is 0.494 e. The van der Waals surface area contributed by atoms with E-state index in [9.17, 15) is 13.2 Å². The maximum atomic E-state index is 15.1. The van der Waals surface area contributed by atoms with E-state index in [1.165, 1.54) is 11.0 Å². The van der Waals surface area contributed by atoms with E-state index >= 15 is 9.59 Å². The summed E-state index contributed by atoms with van der Waals surface area (Å²) in [6.45, 7) is 15.1. The van der Waals surface area contributed by atoms with Crippen molar-refractivity contribution in [2.45, 2.75) is 96.2 Å². The van der Waals surface area contributed by atoms with Crippen LogP contribution in [0.15, 0.2) is 49.2 Å². The maximum Gasteiger partial charge on any atom is 0.328 e. The first-order valence-corrected chi connectivity index (χ1v) is 19.7. The minimum Gasteiger partial charge on any atom is -0.494 e. The van der Waals surface area contributed by atoms with Crippen LogP contribution >= 0.6 is 11.6 Å². The number of aryl methyl sites for hydroxylation is 2. The lowest BCUT2D eigenvalue weighted by atomic mass is 9.85. The number of hydrogen-bond acceptors (Lipinski definition) is 10. The number of halogens is 1. The van der Waals surface area contributed by atoms with Crippen molar-refractivity contribution < 1.29 is 32.3 Å². The van der Waals surface area contributed by atoms with Gasteiger partial charge in [0.25, 0.3) is 11.8 Å². The number of fused-ring (bicyclic) bond motifs is 1. The quantitative estimate of drug-likeness (QED) is 0.229. The Labute approximate surface area is 315 Å². The van der Waals surface area contributed by atoms with Gasteiger partial charge in [-0.15, -0.1) is 6.58 Å². The molecule has 1 aliphatic heterocycles. The average molecular weight is 767 g/mol. The molecule has 0 bridgehead atoms. The molecule has 1 unspecified atom stereocenters. The summed E-state index contributed by atoms with van der Waals surface area (Å²) >= 11 is 6.34. The smallest absolute Gasteiger partial charge is 0.328 e. The van der Waals surface area contributed by atoms with Crippen LogP contribution in [0.2, 0.25) is 5.02 Å². The Bertz CT molecular complexity index is 2060. The molecule has 2 N–H and O–H groups in total. The van der Waals surface area contributed by atoms with Crippen molar-refractivity contribution in [3.05, 3.63) is 65.5 Å². The van der Waals surface area contributed by atoms with E-state index in [0.717, 1.165) is 21.5 Å². The maximum absolute atomic E-state index is 15.1. The molecule has 4 amide bonds. The lowest BCUT2D eigenvalue weighted by molar-refractivity contribution is -0.141. The number of benzene rings is 1. The predicted octanol–water partition coefficient (Wildman–Crippen LogP) is 5.78. The van der Waals surface area contributed by atoms with E-state index in [0.29, 0.717) is 47.1 Å². The van der Waals surface area contributed by atoms with Crippen LogP contribution in [0.5, 0.6) is 11.6 Å². The van der Waals surface area contributed by atoms with E-state index in [1.54, 1.807) is 31.5 Å². The van der Waals surface area contributed by atoms with E-state index in [4.69, 9.17) is 21.1 Å². The number of aromatic nitrogens is 2. The van der Waals surface area contributed by atoms with Gasteiger partial charge in [0.05, 0.1) is 25.1 Å². The summed E-state index contributed by atoms with van der Waals surface area (Å²) in [6, 6.07) is 6.76. The first-order chi connectivity index (χ1) is 24.9. The highest BCUT2D eigenvalue weighted by atomic mass is 35.5. The number of nitrogens with one attached hydrogen (secondary N) is 2. The first-order valence-electron chi connectivity index (χ1n) is 17.7. The number of pyridine rings is 2.